The van der Waals surface area contributed by atoms with Crippen LogP contribution in [0.5, 0.6) is 11.5 Å². The minimum atomic E-state index is -0.512. The number of benzene rings is 4. The lowest BCUT2D eigenvalue weighted by Crippen LogP contribution is -2.19. The van der Waals surface area contributed by atoms with Crippen LogP contribution in [0.1, 0.15) is 21.2 Å². The van der Waals surface area contributed by atoms with E-state index in [4.69, 9.17) is 9.47 Å². The molecule has 0 aliphatic rings. The second-order valence-corrected chi connectivity index (χ2v) is 9.91. The van der Waals surface area contributed by atoms with Gasteiger partial charge in [0.15, 0.2) is 11.5 Å². The van der Waals surface area contributed by atoms with E-state index in [1.165, 1.54) is 18.9 Å². The third kappa shape index (κ3) is 6.08. The molecule has 0 saturated heterocycles. The van der Waals surface area contributed by atoms with Gasteiger partial charge in [0.05, 0.1) is 14.2 Å². The molecule has 4 aromatic carbocycles. The Balaban J connectivity index is 1.35. The average Bonchev–Trinajstić information content (AvgIpc) is 3.44. The van der Waals surface area contributed by atoms with Crippen LogP contribution < -0.4 is 20.1 Å². The number of rotatable bonds is 9. The van der Waals surface area contributed by atoms with Crippen LogP contribution in [0, 0.1) is 0 Å². The number of anilines is 2. The first kappa shape index (κ1) is 25.9. The van der Waals surface area contributed by atoms with Gasteiger partial charge in [0.25, 0.3) is 5.91 Å². The third-order valence-electron chi connectivity index (χ3n) is 6.15. The molecule has 0 aliphatic carbocycles. The number of aromatic amines is 1. The van der Waals surface area contributed by atoms with Crippen molar-refractivity contribution < 1.29 is 19.1 Å². The van der Waals surface area contributed by atoms with E-state index in [-0.39, 0.29) is 11.8 Å². The van der Waals surface area contributed by atoms with Crippen LogP contribution in [-0.4, -0.2) is 31.0 Å². The Bertz CT molecular complexity index is 1620. The zero-order valence-electron chi connectivity index (χ0n) is 21.4. The number of methoxy groups -OCH3 is 2. The number of hydrogen-bond donors (Lipinski definition) is 3. The van der Waals surface area contributed by atoms with E-state index in [1.807, 2.05) is 85.1 Å². The number of thioether (sulfide) groups is 1. The van der Waals surface area contributed by atoms with E-state index < -0.39 is 5.25 Å². The zero-order valence-corrected chi connectivity index (χ0v) is 22.3. The molecule has 1 atom stereocenters. The maximum Gasteiger partial charge on any atom is 0.255 e. The summed E-state index contributed by atoms with van der Waals surface area (Å²) in [7, 11) is 3.07. The predicted molar refractivity (Wildman–Crippen MR) is 156 cm³/mol. The standard InChI is InChI=1S/C31H27N3O4S/c1-37-27-14-12-22(17-28(27)38-2)30(35)33-23-9-6-10-25(18-23)39-29(21-7-4-3-5-8-21)31(36)34-24-13-11-20-15-16-32-26(20)19-24/h3-19,29,32H,1-2H3,(H,33,35)(H,34,36). The maximum atomic E-state index is 13.5. The molecule has 39 heavy (non-hydrogen) atoms. The van der Waals surface area contributed by atoms with E-state index in [2.05, 4.69) is 15.6 Å². The summed E-state index contributed by atoms with van der Waals surface area (Å²) in [4.78, 5) is 30.5. The highest BCUT2D eigenvalue weighted by molar-refractivity contribution is 8.00. The summed E-state index contributed by atoms with van der Waals surface area (Å²) in [6.45, 7) is 0. The molecule has 5 aromatic rings. The molecular formula is C31H27N3O4S. The summed E-state index contributed by atoms with van der Waals surface area (Å²) in [6.07, 6.45) is 1.87. The summed E-state index contributed by atoms with van der Waals surface area (Å²) in [5.74, 6) is 0.596. The largest absolute Gasteiger partial charge is 0.493 e. The predicted octanol–water partition coefficient (Wildman–Crippen LogP) is 6.91. The van der Waals surface area contributed by atoms with Crippen molar-refractivity contribution in [3.05, 3.63) is 114 Å². The van der Waals surface area contributed by atoms with Crippen molar-refractivity contribution >= 4 is 45.9 Å². The highest BCUT2D eigenvalue weighted by Crippen LogP contribution is 2.37. The van der Waals surface area contributed by atoms with E-state index >= 15 is 0 Å². The molecular weight excluding hydrogens is 510 g/mol. The summed E-state index contributed by atoms with van der Waals surface area (Å²) in [5.41, 5.74) is 3.60. The zero-order chi connectivity index (χ0) is 27.2. The Kier molecular flexibility index (Phi) is 7.84. The van der Waals surface area contributed by atoms with Crippen LogP contribution in [0.25, 0.3) is 10.9 Å². The molecule has 3 N–H and O–H groups in total. The highest BCUT2D eigenvalue weighted by Gasteiger charge is 2.23. The Morgan fingerprint density at radius 3 is 2.36 bits per heavy atom. The Morgan fingerprint density at radius 1 is 0.769 bits per heavy atom. The third-order valence-corrected chi connectivity index (χ3v) is 7.40. The van der Waals surface area contributed by atoms with Crippen LogP contribution in [0.3, 0.4) is 0 Å². The van der Waals surface area contributed by atoms with Crippen molar-refractivity contribution in [2.45, 2.75) is 10.1 Å². The van der Waals surface area contributed by atoms with Gasteiger partial charge >= 0.3 is 0 Å². The van der Waals surface area contributed by atoms with E-state index in [0.717, 1.165) is 21.4 Å². The Hall–Kier alpha value is -4.69. The summed E-state index contributed by atoms with van der Waals surface area (Å²) in [6, 6.07) is 29.8. The van der Waals surface area contributed by atoms with Gasteiger partial charge in [0.1, 0.15) is 5.25 Å². The normalized spacial score (nSPS) is 11.5. The van der Waals surface area contributed by atoms with E-state index in [0.29, 0.717) is 28.4 Å². The number of carbonyl (C=O) groups excluding carboxylic acids is 2. The molecule has 0 radical (unpaired) electrons. The lowest BCUT2D eigenvalue weighted by atomic mass is 10.1. The molecule has 0 aliphatic heterocycles. The maximum absolute atomic E-state index is 13.5. The molecule has 0 fully saturated rings. The minimum absolute atomic E-state index is 0.142. The molecule has 0 spiro atoms. The SMILES string of the molecule is COc1ccc(C(=O)Nc2cccc(SC(C(=O)Nc3ccc4cc[nH]c4c3)c3ccccc3)c2)cc1OC. The monoisotopic (exact) mass is 537 g/mol. The molecule has 1 unspecified atom stereocenters. The molecule has 5 rings (SSSR count). The van der Waals surface area contributed by atoms with Crippen molar-refractivity contribution in [2.75, 3.05) is 24.9 Å². The van der Waals surface area contributed by atoms with Crippen LogP contribution >= 0.6 is 11.8 Å². The van der Waals surface area contributed by atoms with Gasteiger partial charge in [-0.3, -0.25) is 9.59 Å². The fraction of sp³-hybridized carbons (Fsp3) is 0.0968. The smallest absolute Gasteiger partial charge is 0.255 e. The van der Waals surface area contributed by atoms with Crippen LogP contribution in [0.2, 0.25) is 0 Å². The number of ether oxygens (including phenoxy) is 2. The number of H-pyrrole nitrogens is 1. The lowest BCUT2D eigenvalue weighted by Gasteiger charge is -2.18. The number of aromatic nitrogens is 1. The number of amides is 2. The van der Waals surface area contributed by atoms with Gasteiger partial charge in [-0.15, -0.1) is 11.8 Å². The average molecular weight is 538 g/mol. The number of hydrogen-bond acceptors (Lipinski definition) is 5. The lowest BCUT2D eigenvalue weighted by molar-refractivity contribution is -0.115. The van der Waals surface area contributed by atoms with Crippen LogP contribution in [0.15, 0.2) is 108 Å². The van der Waals surface area contributed by atoms with Gasteiger partial charge < -0.3 is 25.1 Å². The summed E-state index contributed by atoms with van der Waals surface area (Å²) < 4.78 is 10.6. The molecule has 1 heterocycles. The first-order valence-electron chi connectivity index (χ1n) is 12.3. The van der Waals surface area contributed by atoms with Gasteiger partial charge in [0, 0.05) is 33.5 Å². The fourth-order valence-corrected chi connectivity index (χ4v) is 5.28. The highest BCUT2D eigenvalue weighted by atomic mass is 32.2. The Morgan fingerprint density at radius 2 is 1.56 bits per heavy atom. The molecule has 2 amide bonds. The minimum Gasteiger partial charge on any atom is -0.493 e. The molecule has 196 valence electrons. The number of carbonyl (C=O) groups is 2. The van der Waals surface area contributed by atoms with Gasteiger partial charge in [0.2, 0.25) is 5.91 Å². The van der Waals surface area contributed by atoms with Crippen LogP contribution in [0.4, 0.5) is 11.4 Å². The first-order chi connectivity index (χ1) is 19.0. The fourth-order valence-electron chi connectivity index (χ4n) is 4.20. The number of nitrogens with one attached hydrogen (secondary N) is 3. The second-order valence-electron chi connectivity index (χ2n) is 8.73. The molecule has 0 bridgehead atoms. The van der Waals surface area contributed by atoms with Gasteiger partial charge in [-0.2, -0.15) is 0 Å². The van der Waals surface area contributed by atoms with Crippen molar-refractivity contribution in [3.8, 4) is 11.5 Å². The van der Waals surface area contributed by atoms with Crippen molar-refractivity contribution in [1.29, 1.82) is 0 Å². The van der Waals surface area contributed by atoms with E-state index in [1.54, 1.807) is 25.3 Å². The Labute approximate surface area is 230 Å². The van der Waals surface area contributed by atoms with Gasteiger partial charge in [-0.05, 0) is 65.5 Å². The molecule has 0 saturated carbocycles. The van der Waals surface area contributed by atoms with Crippen molar-refractivity contribution in [1.82, 2.24) is 4.98 Å². The van der Waals surface area contributed by atoms with Gasteiger partial charge in [-0.1, -0.05) is 42.5 Å². The summed E-state index contributed by atoms with van der Waals surface area (Å²) >= 11 is 1.41. The molecule has 8 heteroatoms. The quantitative estimate of drug-likeness (QED) is 0.178. The summed E-state index contributed by atoms with van der Waals surface area (Å²) in [5, 5.41) is 6.56. The van der Waals surface area contributed by atoms with Crippen LogP contribution in [-0.2, 0) is 4.79 Å². The topological polar surface area (TPSA) is 92.5 Å². The second kappa shape index (κ2) is 11.8. The molecule has 7 nitrogen and oxygen atoms in total. The van der Waals surface area contributed by atoms with Crippen molar-refractivity contribution in [3.63, 3.8) is 0 Å². The van der Waals surface area contributed by atoms with Crippen molar-refractivity contribution in [2.24, 2.45) is 0 Å². The van der Waals surface area contributed by atoms with Gasteiger partial charge in [-0.25, -0.2) is 0 Å². The van der Waals surface area contributed by atoms with E-state index in [9.17, 15) is 9.59 Å². The first-order valence-corrected chi connectivity index (χ1v) is 13.1. The molecule has 1 aromatic heterocycles. The number of fused-ring (bicyclic) bond motifs is 1.